The molecule has 1 atom stereocenters. The highest BCUT2D eigenvalue weighted by Gasteiger charge is 2.68. The van der Waals surface area contributed by atoms with Crippen LogP contribution in [0.3, 0.4) is 0 Å². The fourth-order valence-corrected chi connectivity index (χ4v) is 11.0. The highest BCUT2D eigenvalue weighted by atomic mass is 16.5. The molecule has 63 heavy (non-hydrogen) atoms. The smallest absolute Gasteiger partial charge is 0.392 e. The fraction of sp³-hybridized carbons (Fsp3) is 0.288. The molecule has 11 rings (SSSR count). The van der Waals surface area contributed by atoms with Crippen molar-refractivity contribution >= 4 is 11.0 Å². The third kappa shape index (κ3) is 5.52. The van der Waals surface area contributed by atoms with Crippen LogP contribution in [-0.2, 0) is 11.3 Å². The Morgan fingerprint density at radius 1 is 0.651 bits per heavy atom. The number of aromatic nitrogens is 3. The van der Waals surface area contributed by atoms with Gasteiger partial charge in [-0.3, -0.25) is 0 Å². The van der Waals surface area contributed by atoms with Crippen molar-refractivity contribution in [2.24, 2.45) is 0 Å². The molecule has 0 saturated heterocycles. The molecule has 0 radical (unpaired) electrons. The number of pyridine rings is 1. The maximum atomic E-state index is 9.21. The topological polar surface area (TPSA) is 21.9 Å². The summed E-state index contributed by atoms with van der Waals surface area (Å²) in [6.07, 6.45) is 2.24. The molecule has 4 nitrogen and oxygen atoms in total. The number of para-hydroxylation sites is 1. The standard InChI is InChI=1S/C59H59N3O/c1-33(2)39-19-21-40(22-20-39)41-25-26-60-52(30-41)48-32-43(58(10,11)12)31-47-46-17-14-18-51-55(46)62-57(49-28-36(7)27-38(9)56(49)63-59(60,62)54(47)48)61(51)50-24-23-42(29-37(50)8)53-44(34(3)4)15-13-16-45(53)35(5)6/h13-35H,1-12H3/q+2/i33D,34D. The van der Waals surface area contributed by atoms with Gasteiger partial charge in [0.05, 0.1) is 5.56 Å². The maximum absolute atomic E-state index is 9.21. The molecular weight excluding hydrogens is 767 g/mol. The van der Waals surface area contributed by atoms with E-state index in [0.29, 0.717) is 5.92 Å². The molecule has 3 aliphatic rings. The quantitative estimate of drug-likeness (QED) is 0.153. The van der Waals surface area contributed by atoms with Gasteiger partial charge in [0, 0.05) is 26.0 Å². The Kier molecular flexibility index (Phi) is 8.07. The van der Waals surface area contributed by atoms with Gasteiger partial charge in [-0.2, -0.15) is 4.57 Å². The number of hydrogen-bond acceptors (Lipinski definition) is 1. The van der Waals surface area contributed by atoms with E-state index in [9.17, 15) is 1.37 Å². The van der Waals surface area contributed by atoms with Gasteiger partial charge in [-0.1, -0.05) is 123 Å². The van der Waals surface area contributed by atoms with E-state index in [-0.39, 0.29) is 5.41 Å². The summed E-state index contributed by atoms with van der Waals surface area (Å²) in [4.78, 5) is 0. The van der Waals surface area contributed by atoms with Gasteiger partial charge < -0.3 is 4.74 Å². The van der Waals surface area contributed by atoms with Gasteiger partial charge in [-0.05, 0) is 148 Å². The summed E-state index contributed by atoms with van der Waals surface area (Å²) in [6, 6.07) is 42.7. The monoisotopic (exact) mass is 827 g/mol. The zero-order valence-electron chi connectivity index (χ0n) is 40.9. The highest BCUT2D eigenvalue weighted by molar-refractivity contribution is 5.98. The lowest BCUT2D eigenvalue weighted by atomic mass is 9.80. The van der Waals surface area contributed by atoms with E-state index < -0.39 is 17.6 Å². The first-order valence-electron chi connectivity index (χ1n) is 23.7. The Bertz CT molecular complexity index is 3350. The van der Waals surface area contributed by atoms with Crippen LogP contribution in [0.2, 0.25) is 0 Å². The lowest BCUT2D eigenvalue weighted by Crippen LogP contribution is -2.78. The first kappa shape index (κ1) is 37.3. The van der Waals surface area contributed by atoms with Crippen molar-refractivity contribution in [2.45, 2.75) is 112 Å². The van der Waals surface area contributed by atoms with E-state index in [2.05, 4.69) is 191 Å². The molecule has 0 fully saturated rings. The predicted octanol–water partition coefficient (Wildman–Crippen LogP) is 14.4. The Hall–Kier alpha value is -6.26. The molecular formula is C59H59N3O+2. The summed E-state index contributed by atoms with van der Waals surface area (Å²) in [5.74, 6) is -0.224. The molecule has 6 aromatic carbocycles. The summed E-state index contributed by atoms with van der Waals surface area (Å²) in [5, 5.41) is 0. The van der Waals surface area contributed by atoms with Gasteiger partial charge in [0.1, 0.15) is 16.8 Å². The van der Waals surface area contributed by atoms with Crippen LogP contribution in [0.5, 0.6) is 5.75 Å². The number of benzene rings is 6. The molecule has 4 heteroatoms. The van der Waals surface area contributed by atoms with Crippen molar-refractivity contribution in [3.05, 3.63) is 166 Å². The molecule has 0 N–H and O–H groups in total. The van der Waals surface area contributed by atoms with Crippen LogP contribution in [0.1, 0.15) is 127 Å². The average molecular weight is 828 g/mol. The summed E-state index contributed by atoms with van der Waals surface area (Å²) in [6.45, 7) is 25.9. The number of fused-ring (bicyclic) bond motifs is 5. The van der Waals surface area contributed by atoms with Crippen LogP contribution in [0.4, 0.5) is 0 Å². The van der Waals surface area contributed by atoms with Gasteiger partial charge in [0.2, 0.25) is 5.69 Å². The van der Waals surface area contributed by atoms with E-state index in [1.165, 1.54) is 38.9 Å². The number of rotatable bonds is 6. The van der Waals surface area contributed by atoms with E-state index in [0.717, 1.165) is 84.1 Å². The summed E-state index contributed by atoms with van der Waals surface area (Å²) in [7, 11) is 0. The summed E-state index contributed by atoms with van der Waals surface area (Å²) < 4.78 is 33.1. The Morgan fingerprint density at radius 3 is 2.06 bits per heavy atom. The van der Waals surface area contributed by atoms with Crippen LogP contribution >= 0.6 is 0 Å². The molecule has 1 spiro atoms. The zero-order valence-corrected chi connectivity index (χ0v) is 38.9. The lowest BCUT2D eigenvalue weighted by molar-refractivity contribution is -0.997. The van der Waals surface area contributed by atoms with E-state index in [4.69, 9.17) is 6.11 Å². The molecule has 0 saturated carbocycles. The molecule has 5 heterocycles. The van der Waals surface area contributed by atoms with Crippen LogP contribution in [-0.4, -0.2) is 4.57 Å². The Balaban J connectivity index is 1.24. The molecule has 2 aromatic heterocycles. The number of ether oxygens (including phenoxy) is 1. The number of aryl methyl sites for hydroxylation is 3. The van der Waals surface area contributed by atoms with E-state index in [1.807, 2.05) is 27.7 Å². The highest BCUT2D eigenvalue weighted by Crippen LogP contribution is 2.55. The van der Waals surface area contributed by atoms with Crippen molar-refractivity contribution in [3.8, 4) is 67.5 Å². The van der Waals surface area contributed by atoms with E-state index >= 15 is 0 Å². The Morgan fingerprint density at radius 2 is 1.37 bits per heavy atom. The van der Waals surface area contributed by atoms with Gasteiger partial charge in [-0.25, -0.2) is 0 Å². The van der Waals surface area contributed by atoms with Crippen molar-refractivity contribution in [2.75, 3.05) is 0 Å². The third-order valence-electron chi connectivity index (χ3n) is 14.1. The fourth-order valence-electron chi connectivity index (χ4n) is 11.0. The molecule has 1 unspecified atom stereocenters. The minimum atomic E-state index is -1.06. The lowest BCUT2D eigenvalue weighted by Gasteiger charge is -2.33. The summed E-state index contributed by atoms with van der Waals surface area (Å²) in [5.41, 5.74) is 22.7. The molecule has 0 aliphatic carbocycles. The van der Waals surface area contributed by atoms with Gasteiger partial charge >= 0.3 is 11.7 Å². The van der Waals surface area contributed by atoms with Crippen molar-refractivity contribution in [1.82, 2.24) is 4.57 Å². The average Bonchev–Trinajstić information content (AvgIpc) is 3.74. The molecule has 3 aliphatic heterocycles. The maximum Gasteiger partial charge on any atom is 0.499 e. The van der Waals surface area contributed by atoms with Crippen LogP contribution in [0.15, 0.2) is 121 Å². The predicted molar refractivity (Wildman–Crippen MR) is 259 cm³/mol. The molecule has 0 bridgehead atoms. The second kappa shape index (κ2) is 13.6. The SMILES string of the molecule is [2H]C(C)(C)c1ccc(-c2cc[n+]3c(c2)-c2cc(C(C)(C)C)cc4c2C32Oc3c(C)cc(C)cc3-c3n(-c5ccc(-c6c(C(C)C)cccc6C([2H])(C)C)cc5C)c5cccc-4c5[n+]32)cc1. The first-order chi connectivity index (χ1) is 30.7. The van der Waals surface area contributed by atoms with Crippen LogP contribution < -0.4 is 13.9 Å². The minimum absolute atomic E-state index is 0.114. The van der Waals surface area contributed by atoms with E-state index in [1.54, 1.807) is 0 Å². The first-order valence-corrected chi connectivity index (χ1v) is 22.7. The molecule has 0 amide bonds. The number of nitrogens with zero attached hydrogens (tertiary/aromatic N) is 3. The minimum Gasteiger partial charge on any atom is -0.392 e. The molecule has 314 valence electrons. The van der Waals surface area contributed by atoms with Gasteiger partial charge in [-0.15, -0.1) is 9.13 Å². The van der Waals surface area contributed by atoms with Crippen LogP contribution in [0.25, 0.3) is 72.7 Å². The van der Waals surface area contributed by atoms with Gasteiger partial charge in [0.15, 0.2) is 23.0 Å². The normalized spacial score (nSPS) is 16.4. The number of hydrogen-bond donors (Lipinski definition) is 0. The van der Waals surface area contributed by atoms with Crippen molar-refractivity contribution < 1.29 is 16.6 Å². The summed E-state index contributed by atoms with van der Waals surface area (Å²) >= 11 is 0. The number of imidazole rings is 1. The largest absolute Gasteiger partial charge is 0.499 e. The zero-order chi connectivity index (χ0) is 45.9. The second-order valence-corrected chi connectivity index (χ2v) is 20.2. The Labute approximate surface area is 376 Å². The van der Waals surface area contributed by atoms with Crippen LogP contribution in [0, 0.1) is 20.8 Å². The van der Waals surface area contributed by atoms with Crippen molar-refractivity contribution in [1.29, 1.82) is 0 Å². The third-order valence-corrected chi connectivity index (χ3v) is 14.1. The van der Waals surface area contributed by atoms with Crippen molar-refractivity contribution in [3.63, 3.8) is 0 Å². The second-order valence-electron chi connectivity index (χ2n) is 20.2. The van der Waals surface area contributed by atoms with Gasteiger partial charge in [0.25, 0.3) is 0 Å². The molecule has 8 aromatic rings.